The van der Waals surface area contributed by atoms with E-state index in [1.54, 1.807) is 12.1 Å². The average Bonchev–Trinajstić information content (AvgIpc) is 2.08. The van der Waals surface area contributed by atoms with Gasteiger partial charge in [0.05, 0.1) is 5.75 Å². The van der Waals surface area contributed by atoms with E-state index in [0.717, 1.165) is 10.5 Å². The highest BCUT2D eigenvalue weighted by atomic mass is 35.5. The standard InChI is InChI=1S/C9H10ClNO2S/c1-5-2-6(10)3-7(9(5)11)14-4-8(12)13/h2-3H,4,11H2,1H3,(H,12,13). The van der Waals surface area contributed by atoms with Gasteiger partial charge in [-0.3, -0.25) is 4.79 Å². The van der Waals surface area contributed by atoms with Crippen molar-refractivity contribution in [3.8, 4) is 0 Å². The Morgan fingerprint density at radius 2 is 2.29 bits per heavy atom. The van der Waals surface area contributed by atoms with Crippen LogP contribution in [-0.2, 0) is 4.79 Å². The van der Waals surface area contributed by atoms with Gasteiger partial charge >= 0.3 is 5.97 Å². The highest BCUT2D eigenvalue weighted by molar-refractivity contribution is 8.00. The third-order valence-corrected chi connectivity index (χ3v) is 2.92. The number of carboxylic acids is 1. The Kier molecular flexibility index (Phi) is 3.66. The number of aryl methyl sites for hydroxylation is 1. The molecule has 0 radical (unpaired) electrons. The highest BCUT2D eigenvalue weighted by Gasteiger charge is 2.06. The van der Waals surface area contributed by atoms with Crippen LogP contribution in [0, 0.1) is 6.92 Å². The molecule has 0 aliphatic rings. The molecule has 0 saturated heterocycles. The first kappa shape index (κ1) is 11.2. The maximum Gasteiger partial charge on any atom is 0.313 e. The zero-order chi connectivity index (χ0) is 10.7. The maximum absolute atomic E-state index is 10.4. The molecule has 3 N–H and O–H groups in total. The number of nitrogens with two attached hydrogens (primary N) is 1. The van der Waals surface area contributed by atoms with E-state index in [0.29, 0.717) is 10.7 Å². The molecule has 0 heterocycles. The molecule has 3 nitrogen and oxygen atoms in total. The lowest BCUT2D eigenvalue weighted by molar-refractivity contribution is -0.133. The molecule has 0 unspecified atom stereocenters. The summed E-state index contributed by atoms with van der Waals surface area (Å²) in [6.45, 7) is 1.84. The number of hydrogen-bond donors (Lipinski definition) is 2. The molecule has 0 atom stereocenters. The molecule has 14 heavy (non-hydrogen) atoms. The van der Waals surface area contributed by atoms with Crippen molar-refractivity contribution in [3.05, 3.63) is 22.7 Å². The lowest BCUT2D eigenvalue weighted by Gasteiger charge is -2.07. The Labute approximate surface area is 91.2 Å². The second kappa shape index (κ2) is 4.57. The largest absolute Gasteiger partial charge is 0.481 e. The first-order chi connectivity index (χ1) is 6.50. The molecule has 76 valence electrons. The summed E-state index contributed by atoms with van der Waals surface area (Å²) in [5, 5.41) is 9.08. The van der Waals surface area contributed by atoms with Crippen LogP contribution in [-0.4, -0.2) is 16.8 Å². The summed E-state index contributed by atoms with van der Waals surface area (Å²) in [4.78, 5) is 11.1. The van der Waals surface area contributed by atoms with Crippen molar-refractivity contribution in [1.29, 1.82) is 0 Å². The lowest BCUT2D eigenvalue weighted by Crippen LogP contribution is -1.99. The Balaban J connectivity index is 2.90. The topological polar surface area (TPSA) is 63.3 Å². The Bertz CT molecular complexity index is 368. The summed E-state index contributed by atoms with van der Waals surface area (Å²) in [5.74, 6) is -0.878. The molecule has 0 aliphatic carbocycles. The normalized spacial score (nSPS) is 10.1. The first-order valence-corrected chi connectivity index (χ1v) is 5.27. The molecule has 0 saturated carbocycles. The number of carboxylic acid groups (broad SMARTS) is 1. The number of thioether (sulfide) groups is 1. The van der Waals surface area contributed by atoms with Gasteiger partial charge in [0.2, 0.25) is 0 Å². The second-order valence-corrected chi connectivity index (χ2v) is 4.27. The molecule has 0 bridgehead atoms. The molecule has 0 aliphatic heterocycles. The zero-order valence-electron chi connectivity index (χ0n) is 7.58. The van der Waals surface area contributed by atoms with Crippen molar-refractivity contribution in [2.45, 2.75) is 11.8 Å². The summed E-state index contributed by atoms with van der Waals surface area (Å²) in [7, 11) is 0. The Hall–Kier alpha value is -0.870. The number of rotatable bonds is 3. The van der Waals surface area contributed by atoms with Crippen molar-refractivity contribution in [1.82, 2.24) is 0 Å². The Morgan fingerprint density at radius 3 is 2.86 bits per heavy atom. The average molecular weight is 232 g/mol. The summed E-state index contributed by atoms with van der Waals surface area (Å²) >= 11 is 7.00. The number of hydrogen-bond acceptors (Lipinski definition) is 3. The van der Waals surface area contributed by atoms with Crippen LogP contribution in [0.25, 0.3) is 0 Å². The van der Waals surface area contributed by atoms with Gasteiger partial charge in [-0.2, -0.15) is 0 Å². The van der Waals surface area contributed by atoms with Crippen LogP contribution >= 0.6 is 23.4 Å². The van der Waals surface area contributed by atoms with Gasteiger partial charge in [-0.05, 0) is 24.6 Å². The maximum atomic E-state index is 10.4. The van der Waals surface area contributed by atoms with Gasteiger partial charge in [-0.1, -0.05) is 11.6 Å². The fourth-order valence-corrected chi connectivity index (χ4v) is 2.13. The van der Waals surface area contributed by atoms with Gasteiger partial charge in [0.25, 0.3) is 0 Å². The summed E-state index contributed by atoms with van der Waals surface area (Å²) < 4.78 is 0. The number of carbonyl (C=O) groups is 1. The molecule has 0 amide bonds. The molecular formula is C9H10ClNO2S. The van der Waals surface area contributed by atoms with Crippen LogP contribution in [0.15, 0.2) is 17.0 Å². The van der Waals surface area contributed by atoms with Crippen LogP contribution < -0.4 is 5.73 Å². The van der Waals surface area contributed by atoms with E-state index in [1.807, 2.05) is 6.92 Å². The minimum absolute atomic E-state index is 0.00994. The highest BCUT2D eigenvalue weighted by Crippen LogP contribution is 2.30. The number of benzene rings is 1. The van der Waals surface area contributed by atoms with Crippen molar-refractivity contribution < 1.29 is 9.90 Å². The molecular weight excluding hydrogens is 222 g/mol. The van der Waals surface area contributed by atoms with E-state index < -0.39 is 5.97 Å². The quantitative estimate of drug-likeness (QED) is 0.620. The van der Waals surface area contributed by atoms with E-state index in [4.69, 9.17) is 22.4 Å². The Morgan fingerprint density at radius 1 is 1.64 bits per heavy atom. The predicted molar refractivity (Wildman–Crippen MR) is 59.0 cm³/mol. The van der Waals surface area contributed by atoms with Crippen molar-refractivity contribution in [2.75, 3.05) is 11.5 Å². The van der Waals surface area contributed by atoms with E-state index in [9.17, 15) is 4.79 Å². The van der Waals surface area contributed by atoms with E-state index in [2.05, 4.69) is 0 Å². The van der Waals surface area contributed by atoms with Gasteiger partial charge in [0, 0.05) is 15.6 Å². The van der Waals surface area contributed by atoms with Gasteiger partial charge in [0.15, 0.2) is 0 Å². The molecule has 5 heteroatoms. The first-order valence-electron chi connectivity index (χ1n) is 3.91. The lowest BCUT2D eigenvalue weighted by atomic mass is 10.2. The van der Waals surface area contributed by atoms with Crippen LogP contribution in [0.5, 0.6) is 0 Å². The summed E-state index contributed by atoms with van der Waals surface area (Å²) in [5.41, 5.74) is 7.23. The van der Waals surface area contributed by atoms with Crippen LogP contribution in [0.4, 0.5) is 5.69 Å². The molecule has 1 aromatic rings. The van der Waals surface area contributed by atoms with Gasteiger partial charge in [-0.15, -0.1) is 11.8 Å². The van der Waals surface area contributed by atoms with Crippen molar-refractivity contribution >= 4 is 35.0 Å². The summed E-state index contributed by atoms with van der Waals surface area (Å²) in [6, 6.07) is 3.43. The molecule has 0 spiro atoms. The number of halogens is 1. The zero-order valence-corrected chi connectivity index (χ0v) is 9.15. The fraction of sp³-hybridized carbons (Fsp3) is 0.222. The van der Waals surface area contributed by atoms with E-state index >= 15 is 0 Å². The molecule has 0 fully saturated rings. The van der Waals surface area contributed by atoms with E-state index in [1.165, 1.54) is 11.8 Å². The van der Waals surface area contributed by atoms with Crippen molar-refractivity contribution in [2.24, 2.45) is 0 Å². The van der Waals surface area contributed by atoms with Gasteiger partial charge < -0.3 is 10.8 Å². The second-order valence-electron chi connectivity index (χ2n) is 2.82. The number of nitrogen functional groups attached to an aromatic ring is 1. The monoisotopic (exact) mass is 231 g/mol. The van der Waals surface area contributed by atoms with Gasteiger partial charge in [0.1, 0.15) is 0 Å². The van der Waals surface area contributed by atoms with E-state index in [-0.39, 0.29) is 5.75 Å². The SMILES string of the molecule is Cc1cc(Cl)cc(SCC(=O)O)c1N. The molecule has 0 aromatic heterocycles. The van der Waals surface area contributed by atoms with Crippen molar-refractivity contribution in [3.63, 3.8) is 0 Å². The predicted octanol–water partition coefficient (Wildman–Crippen LogP) is 2.41. The third-order valence-electron chi connectivity index (χ3n) is 1.66. The fourth-order valence-electron chi connectivity index (χ4n) is 0.982. The number of aliphatic carboxylic acids is 1. The smallest absolute Gasteiger partial charge is 0.313 e. The third kappa shape index (κ3) is 2.82. The van der Waals surface area contributed by atoms with Crippen LogP contribution in [0.2, 0.25) is 5.02 Å². The minimum Gasteiger partial charge on any atom is -0.481 e. The summed E-state index contributed by atoms with van der Waals surface area (Å²) in [6.07, 6.45) is 0. The molecule has 1 aromatic carbocycles. The van der Waals surface area contributed by atoms with Gasteiger partial charge in [-0.25, -0.2) is 0 Å². The van der Waals surface area contributed by atoms with Crippen LogP contribution in [0.1, 0.15) is 5.56 Å². The minimum atomic E-state index is -0.868. The number of anilines is 1. The van der Waals surface area contributed by atoms with Crippen LogP contribution in [0.3, 0.4) is 0 Å². The molecule has 1 rings (SSSR count).